The first-order valence-electron chi connectivity index (χ1n) is 11.2. The minimum Gasteiger partial charge on any atom is -0.472 e. The molecule has 2 heterocycles. The van der Waals surface area contributed by atoms with E-state index in [1.54, 1.807) is 11.1 Å². The number of benzene rings is 1. The Labute approximate surface area is 194 Å². The Morgan fingerprint density at radius 2 is 1.94 bits per heavy atom. The Bertz CT molecular complexity index is 1010. The lowest BCUT2D eigenvalue weighted by Crippen LogP contribution is -2.56. The van der Waals surface area contributed by atoms with Crippen LogP contribution in [0.15, 0.2) is 36.5 Å². The summed E-state index contributed by atoms with van der Waals surface area (Å²) in [4.78, 5) is 44.3. The number of rotatable bonds is 8. The van der Waals surface area contributed by atoms with Crippen molar-refractivity contribution in [3.05, 3.63) is 36.5 Å². The average Bonchev–Trinajstić information content (AvgIpc) is 3.19. The van der Waals surface area contributed by atoms with Crippen molar-refractivity contribution >= 4 is 28.4 Å². The van der Waals surface area contributed by atoms with E-state index in [9.17, 15) is 14.4 Å². The highest BCUT2D eigenvalue weighted by Crippen LogP contribution is 2.30. The molecule has 0 radical (unpaired) electrons. The summed E-state index contributed by atoms with van der Waals surface area (Å²) in [6, 6.07) is 8.29. The second kappa shape index (κ2) is 10.3. The summed E-state index contributed by atoms with van der Waals surface area (Å²) in [5.74, 6) is -0.185. The molecule has 2 amide bonds. The number of nitrogens with one attached hydrogen (secondary N) is 1. The molecular weight excluding hydrogens is 422 g/mol. The highest BCUT2D eigenvalue weighted by Gasteiger charge is 2.44. The number of pyridine rings is 1. The summed E-state index contributed by atoms with van der Waals surface area (Å²) >= 11 is 0. The van der Waals surface area contributed by atoms with E-state index in [-0.39, 0.29) is 43.3 Å². The van der Waals surface area contributed by atoms with Crippen LogP contribution < -0.4 is 10.1 Å². The molecule has 1 aromatic heterocycles. The van der Waals surface area contributed by atoms with Crippen LogP contribution >= 0.6 is 0 Å². The van der Waals surface area contributed by atoms with Gasteiger partial charge in [-0.15, -0.1) is 0 Å². The number of likely N-dealkylation sites (tertiary alicyclic amines) is 1. The Hall–Kier alpha value is -3.00. The van der Waals surface area contributed by atoms with E-state index in [1.807, 2.05) is 51.1 Å². The van der Waals surface area contributed by atoms with E-state index in [0.29, 0.717) is 12.3 Å². The molecule has 1 saturated heterocycles. The third-order valence-corrected chi connectivity index (χ3v) is 5.88. The predicted molar refractivity (Wildman–Crippen MR) is 125 cm³/mol. The zero-order chi connectivity index (χ0) is 24.2. The topological polar surface area (TPSA) is 97.8 Å². The molecule has 0 unspecified atom stereocenters. The molecule has 2 aromatic rings. The van der Waals surface area contributed by atoms with Crippen LogP contribution in [-0.4, -0.2) is 65.9 Å². The number of ether oxygens (including phenoxy) is 2. The third kappa shape index (κ3) is 5.87. The second-order valence-corrected chi connectivity index (χ2v) is 9.54. The molecule has 1 aliphatic heterocycles. The van der Waals surface area contributed by atoms with Crippen molar-refractivity contribution < 1.29 is 23.9 Å². The van der Waals surface area contributed by atoms with Crippen molar-refractivity contribution in [3.63, 3.8) is 0 Å². The number of hydrogen-bond donors (Lipinski definition) is 1. The lowest BCUT2D eigenvalue weighted by atomic mass is 9.85. The van der Waals surface area contributed by atoms with Crippen LogP contribution in [0.3, 0.4) is 0 Å². The number of carbonyl (C=O) groups is 3. The number of Topliss-reactive ketones (excluding diaryl/α,β-unsaturated/α-hetero) is 1. The maximum atomic E-state index is 13.6. The molecule has 0 spiro atoms. The van der Waals surface area contributed by atoms with Gasteiger partial charge in [0, 0.05) is 31.5 Å². The number of fused-ring (bicyclic) bond motifs is 1. The zero-order valence-electron chi connectivity index (χ0n) is 20.0. The maximum absolute atomic E-state index is 13.6. The van der Waals surface area contributed by atoms with Gasteiger partial charge in [0.05, 0.1) is 19.2 Å². The van der Waals surface area contributed by atoms with Crippen molar-refractivity contribution in [1.29, 1.82) is 0 Å². The number of methoxy groups -OCH3 is 1. The van der Waals surface area contributed by atoms with Crippen LogP contribution in [0.1, 0.15) is 40.5 Å². The first-order chi connectivity index (χ1) is 15.6. The van der Waals surface area contributed by atoms with Gasteiger partial charge in [0.25, 0.3) is 0 Å². The smallest absolute Gasteiger partial charge is 0.246 e. The molecule has 8 nitrogen and oxygen atoms in total. The summed E-state index contributed by atoms with van der Waals surface area (Å²) in [6.45, 7) is 7.66. The molecule has 178 valence electrons. The number of hydrogen-bond acceptors (Lipinski definition) is 6. The van der Waals surface area contributed by atoms with Crippen molar-refractivity contribution in [3.8, 4) is 5.88 Å². The van der Waals surface area contributed by atoms with Crippen LogP contribution in [0.5, 0.6) is 5.88 Å². The van der Waals surface area contributed by atoms with Gasteiger partial charge in [-0.25, -0.2) is 4.98 Å². The van der Waals surface area contributed by atoms with Crippen molar-refractivity contribution in [1.82, 2.24) is 15.2 Å². The lowest BCUT2D eigenvalue weighted by Gasteiger charge is -2.35. The van der Waals surface area contributed by atoms with Gasteiger partial charge in [0.2, 0.25) is 17.7 Å². The summed E-state index contributed by atoms with van der Waals surface area (Å²) in [7, 11) is 1.52. The monoisotopic (exact) mass is 455 g/mol. The van der Waals surface area contributed by atoms with Crippen LogP contribution in [0.4, 0.5) is 0 Å². The van der Waals surface area contributed by atoms with E-state index in [2.05, 4.69) is 10.3 Å². The fraction of sp³-hybridized carbons (Fsp3) is 0.520. The van der Waals surface area contributed by atoms with E-state index in [4.69, 9.17) is 9.47 Å². The van der Waals surface area contributed by atoms with Crippen molar-refractivity contribution in [2.75, 3.05) is 20.3 Å². The van der Waals surface area contributed by atoms with Gasteiger partial charge in [-0.2, -0.15) is 0 Å². The molecule has 1 aliphatic rings. The summed E-state index contributed by atoms with van der Waals surface area (Å²) in [5, 5.41) is 4.72. The maximum Gasteiger partial charge on any atom is 0.246 e. The summed E-state index contributed by atoms with van der Waals surface area (Å²) < 4.78 is 11.2. The summed E-state index contributed by atoms with van der Waals surface area (Å²) in [5.41, 5.74) is -0.544. The normalized spacial score (nSPS) is 19.4. The Morgan fingerprint density at radius 3 is 2.61 bits per heavy atom. The van der Waals surface area contributed by atoms with Gasteiger partial charge >= 0.3 is 0 Å². The van der Waals surface area contributed by atoms with Crippen LogP contribution in [0.2, 0.25) is 0 Å². The Kier molecular flexibility index (Phi) is 7.68. The van der Waals surface area contributed by atoms with Crippen molar-refractivity contribution in [2.24, 2.45) is 5.41 Å². The molecule has 8 heteroatoms. The molecule has 3 atom stereocenters. The first-order valence-corrected chi connectivity index (χ1v) is 11.2. The van der Waals surface area contributed by atoms with E-state index < -0.39 is 17.5 Å². The number of nitrogens with zero attached hydrogens (tertiary/aromatic N) is 2. The van der Waals surface area contributed by atoms with Gasteiger partial charge in [0.15, 0.2) is 5.78 Å². The van der Waals surface area contributed by atoms with Crippen LogP contribution in [-0.2, 0) is 19.1 Å². The molecule has 33 heavy (non-hydrogen) atoms. The lowest BCUT2D eigenvalue weighted by molar-refractivity contribution is -0.143. The summed E-state index contributed by atoms with van der Waals surface area (Å²) in [6.07, 6.45) is 1.83. The molecular formula is C25H33N3O5. The van der Waals surface area contributed by atoms with Gasteiger partial charge in [-0.1, -0.05) is 39.0 Å². The SMILES string of the molecule is COCCC(=O)N[C@H](C(=O)N1C[C@H](Oc2nccc3ccccc23)C[C@H]1C(C)=O)C(C)(C)C. The van der Waals surface area contributed by atoms with Crippen molar-refractivity contribution in [2.45, 2.75) is 58.7 Å². The van der Waals surface area contributed by atoms with Gasteiger partial charge in [-0.3, -0.25) is 14.4 Å². The van der Waals surface area contributed by atoms with Gasteiger partial charge in [0.1, 0.15) is 12.1 Å². The molecule has 0 bridgehead atoms. The van der Waals surface area contributed by atoms with E-state index >= 15 is 0 Å². The number of ketones is 1. The Morgan fingerprint density at radius 1 is 1.21 bits per heavy atom. The largest absolute Gasteiger partial charge is 0.472 e. The Balaban J connectivity index is 1.81. The van der Waals surface area contributed by atoms with Gasteiger partial charge in [-0.05, 0) is 29.9 Å². The number of aromatic nitrogens is 1. The molecule has 1 aromatic carbocycles. The fourth-order valence-corrected chi connectivity index (χ4v) is 4.10. The highest BCUT2D eigenvalue weighted by molar-refractivity contribution is 5.93. The average molecular weight is 456 g/mol. The minimum absolute atomic E-state index is 0.112. The molecule has 0 aliphatic carbocycles. The van der Waals surface area contributed by atoms with Crippen LogP contribution in [0.25, 0.3) is 10.8 Å². The fourth-order valence-electron chi connectivity index (χ4n) is 4.10. The van der Waals surface area contributed by atoms with E-state index in [1.165, 1.54) is 14.0 Å². The predicted octanol–water partition coefficient (Wildman–Crippen LogP) is 2.74. The second-order valence-electron chi connectivity index (χ2n) is 9.54. The highest BCUT2D eigenvalue weighted by atomic mass is 16.5. The quantitative estimate of drug-likeness (QED) is 0.657. The van der Waals surface area contributed by atoms with E-state index in [0.717, 1.165) is 10.8 Å². The third-order valence-electron chi connectivity index (χ3n) is 5.88. The molecule has 3 rings (SSSR count). The van der Waals surface area contributed by atoms with Gasteiger partial charge < -0.3 is 19.7 Å². The minimum atomic E-state index is -0.780. The first kappa shape index (κ1) is 24.6. The number of amides is 2. The zero-order valence-corrected chi connectivity index (χ0v) is 20.0. The molecule has 1 N–H and O–H groups in total. The standard InChI is InChI=1S/C25H33N3O5/c1-16(29)20-14-18(33-23-19-9-7-6-8-17(19)10-12-26-23)15-28(20)24(31)22(25(2,3)4)27-21(30)11-13-32-5/h6-10,12,18,20,22H,11,13-15H2,1-5H3,(H,27,30)/t18-,20+,22-/m1/s1. The number of carbonyl (C=O) groups excluding carboxylic acids is 3. The molecule has 0 saturated carbocycles. The van der Waals surface area contributed by atoms with Crippen LogP contribution in [0, 0.1) is 5.41 Å². The molecule has 1 fully saturated rings.